The molecule has 1 N–H and O–H groups in total. The Bertz CT molecular complexity index is 396. The molecule has 18 heavy (non-hydrogen) atoms. The monoisotopic (exact) mass is 269 g/mol. The molecular formula is C13H19NO3S. The molecule has 0 aromatic heterocycles. The highest BCUT2D eigenvalue weighted by atomic mass is 32.2. The summed E-state index contributed by atoms with van der Waals surface area (Å²) >= 11 is 1.51. The van der Waals surface area contributed by atoms with Gasteiger partial charge in [-0.1, -0.05) is 12.1 Å². The topological polar surface area (TPSA) is 47.6 Å². The van der Waals surface area contributed by atoms with Gasteiger partial charge in [0.15, 0.2) is 11.5 Å². The molecule has 0 unspecified atom stereocenters. The third kappa shape index (κ3) is 4.14. The van der Waals surface area contributed by atoms with Gasteiger partial charge in [0, 0.05) is 6.54 Å². The zero-order valence-corrected chi connectivity index (χ0v) is 11.8. The van der Waals surface area contributed by atoms with Crippen molar-refractivity contribution in [2.24, 2.45) is 0 Å². The highest BCUT2D eigenvalue weighted by molar-refractivity contribution is 7.99. The molecule has 0 saturated heterocycles. The van der Waals surface area contributed by atoms with Gasteiger partial charge in [-0.15, -0.1) is 0 Å². The molecule has 0 saturated carbocycles. The minimum atomic E-state index is 0.0596. The SMILES string of the molecule is COc1cccc(CCNC(=O)CSC)c1OC. The summed E-state index contributed by atoms with van der Waals surface area (Å²) in [4.78, 5) is 11.3. The summed E-state index contributed by atoms with van der Waals surface area (Å²) in [5, 5.41) is 2.86. The van der Waals surface area contributed by atoms with E-state index in [2.05, 4.69) is 5.32 Å². The summed E-state index contributed by atoms with van der Waals surface area (Å²) in [6, 6.07) is 5.75. The molecule has 0 fully saturated rings. The lowest BCUT2D eigenvalue weighted by molar-refractivity contribution is -0.118. The van der Waals surface area contributed by atoms with Crippen molar-refractivity contribution in [1.29, 1.82) is 0 Å². The normalized spacial score (nSPS) is 9.94. The molecule has 100 valence electrons. The molecule has 0 heterocycles. The Labute approximate surface area is 112 Å². The minimum Gasteiger partial charge on any atom is -0.493 e. The van der Waals surface area contributed by atoms with Crippen LogP contribution in [0.4, 0.5) is 0 Å². The fraction of sp³-hybridized carbons (Fsp3) is 0.462. The number of hydrogen-bond donors (Lipinski definition) is 1. The van der Waals surface area contributed by atoms with Crippen LogP contribution in [0.5, 0.6) is 11.5 Å². The number of methoxy groups -OCH3 is 2. The van der Waals surface area contributed by atoms with Crippen LogP contribution in [0.15, 0.2) is 18.2 Å². The van der Waals surface area contributed by atoms with Crippen molar-refractivity contribution >= 4 is 17.7 Å². The largest absolute Gasteiger partial charge is 0.493 e. The van der Waals surface area contributed by atoms with E-state index >= 15 is 0 Å². The third-order valence-electron chi connectivity index (χ3n) is 2.48. The van der Waals surface area contributed by atoms with Crippen molar-refractivity contribution in [1.82, 2.24) is 5.32 Å². The van der Waals surface area contributed by atoms with Crippen LogP contribution in [-0.2, 0) is 11.2 Å². The second kappa shape index (κ2) is 7.87. The fourth-order valence-corrected chi connectivity index (χ4v) is 2.03. The Hall–Kier alpha value is -1.36. The molecule has 1 aromatic rings. The summed E-state index contributed by atoms with van der Waals surface area (Å²) in [6.07, 6.45) is 2.63. The number of ether oxygens (including phenoxy) is 2. The Morgan fingerprint density at radius 3 is 2.72 bits per heavy atom. The van der Waals surface area contributed by atoms with Gasteiger partial charge in [-0.25, -0.2) is 0 Å². The molecule has 5 heteroatoms. The number of rotatable bonds is 7. The van der Waals surface area contributed by atoms with E-state index in [-0.39, 0.29) is 5.91 Å². The first kappa shape index (κ1) is 14.7. The Balaban J connectivity index is 2.59. The van der Waals surface area contributed by atoms with Gasteiger partial charge >= 0.3 is 0 Å². The Kier molecular flexibility index (Phi) is 6.43. The van der Waals surface area contributed by atoms with Crippen molar-refractivity contribution in [3.63, 3.8) is 0 Å². The lowest BCUT2D eigenvalue weighted by Gasteiger charge is -2.12. The molecule has 4 nitrogen and oxygen atoms in total. The number of thioether (sulfide) groups is 1. The van der Waals surface area contributed by atoms with Crippen LogP contribution in [0.2, 0.25) is 0 Å². The maximum Gasteiger partial charge on any atom is 0.229 e. The van der Waals surface area contributed by atoms with Crippen molar-refractivity contribution in [2.75, 3.05) is 32.8 Å². The van der Waals surface area contributed by atoms with E-state index in [9.17, 15) is 4.79 Å². The summed E-state index contributed by atoms with van der Waals surface area (Å²) in [6.45, 7) is 0.600. The number of amides is 1. The van der Waals surface area contributed by atoms with Crippen molar-refractivity contribution in [2.45, 2.75) is 6.42 Å². The first-order valence-corrected chi connectivity index (χ1v) is 7.07. The molecule has 0 atom stereocenters. The Morgan fingerprint density at radius 1 is 1.33 bits per heavy atom. The van der Waals surface area contributed by atoms with Gasteiger partial charge in [0.05, 0.1) is 20.0 Å². The van der Waals surface area contributed by atoms with Gasteiger partial charge in [-0.2, -0.15) is 11.8 Å². The first-order chi connectivity index (χ1) is 8.72. The van der Waals surface area contributed by atoms with Crippen LogP contribution in [0.1, 0.15) is 5.56 Å². The van der Waals surface area contributed by atoms with Crippen LogP contribution < -0.4 is 14.8 Å². The number of carbonyl (C=O) groups is 1. The van der Waals surface area contributed by atoms with Gasteiger partial charge in [0.1, 0.15) is 0 Å². The van der Waals surface area contributed by atoms with Gasteiger partial charge in [-0.05, 0) is 24.3 Å². The van der Waals surface area contributed by atoms with Crippen LogP contribution in [0.3, 0.4) is 0 Å². The predicted octanol–water partition coefficient (Wildman–Crippen LogP) is 1.73. The van der Waals surface area contributed by atoms with Crippen molar-refractivity contribution in [3.05, 3.63) is 23.8 Å². The standard InChI is InChI=1S/C13H19NO3S/c1-16-11-6-4-5-10(13(11)17-2)7-8-14-12(15)9-18-3/h4-6H,7-9H2,1-3H3,(H,14,15). The van der Waals surface area contributed by atoms with Crippen LogP contribution in [0, 0.1) is 0 Å². The number of nitrogens with one attached hydrogen (secondary N) is 1. The Morgan fingerprint density at radius 2 is 2.11 bits per heavy atom. The summed E-state index contributed by atoms with van der Waals surface area (Å²) in [5.41, 5.74) is 1.03. The predicted molar refractivity (Wildman–Crippen MR) is 74.6 cm³/mol. The molecule has 0 bridgehead atoms. The molecule has 1 rings (SSSR count). The summed E-state index contributed by atoms with van der Waals surface area (Å²) < 4.78 is 10.6. The van der Waals surface area contributed by atoms with Gasteiger partial charge in [0.2, 0.25) is 5.91 Å². The molecular weight excluding hydrogens is 250 g/mol. The second-order valence-electron chi connectivity index (χ2n) is 3.69. The molecule has 0 spiro atoms. The molecule has 0 aliphatic carbocycles. The van der Waals surface area contributed by atoms with E-state index in [4.69, 9.17) is 9.47 Å². The number of hydrogen-bond acceptors (Lipinski definition) is 4. The number of para-hydroxylation sites is 1. The summed E-state index contributed by atoms with van der Waals surface area (Å²) in [7, 11) is 3.23. The van der Waals surface area contributed by atoms with E-state index in [0.29, 0.717) is 18.0 Å². The number of benzene rings is 1. The fourth-order valence-electron chi connectivity index (χ4n) is 1.67. The zero-order chi connectivity index (χ0) is 13.4. The quantitative estimate of drug-likeness (QED) is 0.819. The first-order valence-electron chi connectivity index (χ1n) is 5.68. The van der Waals surface area contributed by atoms with E-state index in [1.807, 2.05) is 24.5 Å². The lowest BCUT2D eigenvalue weighted by Crippen LogP contribution is -2.27. The maximum absolute atomic E-state index is 11.3. The smallest absolute Gasteiger partial charge is 0.229 e. The van der Waals surface area contributed by atoms with E-state index in [1.54, 1.807) is 14.2 Å². The van der Waals surface area contributed by atoms with Gasteiger partial charge < -0.3 is 14.8 Å². The van der Waals surface area contributed by atoms with Crippen LogP contribution in [0.25, 0.3) is 0 Å². The average molecular weight is 269 g/mol. The average Bonchev–Trinajstić information content (AvgIpc) is 2.38. The maximum atomic E-state index is 11.3. The molecule has 1 aromatic carbocycles. The highest BCUT2D eigenvalue weighted by Crippen LogP contribution is 2.30. The molecule has 0 aliphatic heterocycles. The van der Waals surface area contributed by atoms with E-state index < -0.39 is 0 Å². The zero-order valence-electron chi connectivity index (χ0n) is 11.0. The minimum absolute atomic E-state index is 0.0596. The number of carbonyl (C=O) groups excluding carboxylic acids is 1. The van der Waals surface area contributed by atoms with Crippen LogP contribution in [-0.4, -0.2) is 38.7 Å². The van der Waals surface area contributed by atoms with E-state index in [1.165, 1.54) is 11.8 Å². The molecule has 0 aliphatic rings. The molecule has 0 radical (unpaired) electrons. The van der Waals surface area contributed by atoms with Crippen molar-refractivity contribution in [3.8, 4) is 11.5 Å². The highest BCUT2D eigenvalue weighted by Gasteiger charge is 2.09. The van der Waals surface area contributed by atoms with Crippen LogP contribution >= 0.6 is 11.8 Å². The van der Waals surface area contributed by atoms with Gasteiger partial charge in [0.25, 0.3) is 0 Å². The van der Waals surface area contributed by atoms with Crippen molar-refractivity contribution < 1.29 is 14.3 Å². The lowest BCUT2D eigenvalue weighted by atomic mass is 10.1. The second-order valence-corrected chi connectivity index (χ2v) is 4.55. The van der Waals surface area contributed by atoms with E-state index in [0.717, 1.165) is 17.7 Å². The molecule has 1 amide bonds. The third-order valence-corrected chi connectivity index (χ3v) is 3.03. The summed E-state index contributed by atoms with van der Waals surface area (Å²) in [5.74, 6) is 2.00. The van der Waals surface area contributed by atoms with Gasteiger partial charge in [-0.3, -0.25) is 4.79 Å².